The molecule has 1 aliphatic rings. The van der Waals surface area contributed by atoms with E-state index in [1.54, 1.807) is 0 Å². The van der Waals surface area contributed by atoms with Crippen LogP contribution >= 0.6 is 12.4 Å². The zero-order chi connectivity index (χ0) is 26.3. The highest BCUT2D eigenvalue weighted by Crippen LogP contribution is 2.42. The third-order valence-electron chi connectivity index (χ3n) is 7.81. The van der Waals surface area contributed by atoms with Gasteiger partial charge < -0.3 is 14.9 Å². The number of hydrogen-bond acceptors (Lipinski definition) is 5. The number of carbonyl (C=O) groups excluding carboxylic acids is 1. The minimum absolute atomic E-state index is 0. The van der Waals surface area contributed by atoms with E-state index in [1.165, 1.54) is 0 Å². The summed E-state index contributed by atoms with van der Waals surface area (Å²) in [4.78, 5) is 15.5. The van der Waals surface area contributed by atoms with Crippen LogP contribution in [0, 0.1) is 5.92 Å². The minimum Gasteiger partial charge on any atom is -0.446 e. The molecule has 3 aromatic rings. The molecule has 1 aliphatic heterocycles. The van der Waals surface area contributed by atoms with E-state index < -0.39 is 17.2 Å². The van der Waals surface area contributed by atoms with Crippen LogP contribution in [-0.2, 0) is 20.5 Å². The summed E-state index contributed by atoms with van der Waals surface area (Å²) in [5.74, 6) is -0.252. The van der Waals surface area contributed by atoms with Crippen molar-refractivity contribution in [3.63, 3.8) is 0 Å². The number of benzene rings is 3. The van der Waals surface area contributed by atoms with Gasteiger partial charge in [0.05, 0.1) is 5.41 Å². The Balaban J connectivity index is 0.00000400. The maximum Gasteiger partial charge on any atom is 0.317 e. The lowest BCUT2D eigenvalue weighted by Gasteiger charge is -2.44. The number of aliphatic hydroxyl groups excluding tert-OH is 1. The Morgan fingerprint density at radius 1 is 0.868 bits per heavy atom. The van der Waals surface area contributed by atoms with Crippen LogP contribution in [0.1, 0.15) is 56.2 Å². The smallest absolute Gasteiger partial charge is 0.317 e. The molecular formula is C32H40ClNO4. The van der Waals surface area contributed by atoms with Crippen molar-refractivity contribution in [2.24, 2.45) is 5.92 Å². The quantitative estimate of drug-likeness (QED) is 0.326. The number of carbonyl (C=O) groups is 1. The second-order valence-electron chi connectivity index (χ2n) is 10.5. The molecule has 1 saturated heterocycles. The molecule has 0 aromatic heterocycles. The van der Waals surface area contributed by atoms with Gasteiger partial charge in [-0.2, -0.15) is 0 Å². The fourth-order valence-corrected chi connectivity index (χ4v) is 5.45. The van der Waals surface area contributed by atoms with Crippen molar-refractivity contribution in [2.45, 2.75) is 56.8 Å². The number of rotatable bonds is 10. The van der Waals surface area contributed by atoms with Gasteiger partial charge in [-0.25, -0.2) is 0 Å². The van der Waals surface area contributed by atoms with Crippen LogP contribution in [0.25, 0.3) is 0 Å². The Kier molecular flexibility index (Phi) is 10.5. The molecule has 0 aliphatic carbocycles. The SMILES string of the molecule is CC(C)(C(=O)OC(CCCO)N1CCC(C(O)(c2ccccc2)c2ccccc2)CC1)c1ccccc1.Cl. The first-order valence-electron chi connectivity index (χ1n) is 13.3. The van der Waals surface area contributed by atoms with Gasteiger partial charge in [0.25, 0.3) is 0 Å². The Hall–Kier alpha value is -2.70. The summed E-state index contributed by atoms with van der Waals surface area (Å²) in [5, 5.41) is 21.7. The number of halogens is 1. The molecule has 6 heteroatoms. The van der Waals surface area contributed by atoms with Crippen LogP contribution in [0.3, 0.4) is 0 Å². The summed E-state index contributed by atoms with van der Waals surface area (Å²) < 4.78 is 6.11. The normalized spacial score (nSPS) is 15.9. The number of likely N-dealkylation sites (tertiary alicyclic amines) is 1. The van der Waals surface area contributed by atoms with Gasteiger partial charge in [0.15, 0.2) is 6.23 Å². The van der Waals surface area contributed by atoms with E-state index in [0.29, 0.717) is 25.9 Å². The molecule has 0 amide bonds. The predicted octanol–water partition coefficient (Wildman–Crippen LogP) is 5.68. The van der Waals surface area contributed by atoms with Crippen molar-refractivity contribution in [1.82, 2.24) is 4.90 Å². The fourth-order valence-electron chi connectivity index (χ4n) is 5.45. The number of nitrogens with zero attached hydrogens (tertiary/aromatic N) is 1. The maximum atomic E-state index is 13.3. The van der Waals surface area contributed by atoms with E-state index >= 15 is 0 Å². The Morgan fingerprint density at radius 3 is 1.76 bits per heavy atom. The number of esters is 1. The lowest BCUT2D eigenvalue weighted by atomic mass is 9.72. The second-order valence-corrected chi connectivity index (χ2v) is 10.5. The minimum atomic E-state index is -1.10. The van der Waals surface area contributed by atoms with Gasteiger partial charge in [0.1, 0.15) is 5.60 Å². The van der Waals surface area contributed by atoms with Crippen LogP contribution in [0.15, 0.2) is 91.0 Å². The molecule has 0 saturated carbocycles. The van der Waals surface area contributed by atoms with Crippen molar-refractivity contribution in [2.75, 3.05) is 19.7 Å². The standard InChI is InChI=1S/C32H39NO4.ClH/c1-31(2,25-13-6-3-7-14-25)30(35)37-29(19-12-24-34)33-22-20-28(21-23-33)32(36,26-15-8-4-9-16-26)27-17-10-5-11-18-27;/h3-11,13-18,28-29,34,36H,12,19-24H2,1-2H3;1H. The van der Waals surface area contributed by atoms with Crippen LogP contribution in [0.2, 0.25) is 0 Å². The van der Waals surface area contributed by atoms with Crippen molar-refractivity contribution < 1.29 is 19.7 Å². The number of ether oxygens (including phenoxy) is 1. The molecule has 204 valence electrons. The Labute approximate surface area is 232 Å². The largest absolute Gasteiger partial charge is 0.446 e. The molecule has 1 unspecified atom stereocenters. The predicted molar refractivity (Wildman–Crippen MR) is 153 cm³/mol. The average molecular weight is 538 g/mol. The van der Waals surface area contributed by atoms with Crippen LogP contribution in [0.4, 0.5) is 0 Å². The lowest BCUT2D eigenvalue weighted by molar-refractivity contribution is -0.169. The van der Waals surface area contributed by atoms with E-state index in [4.69, 9.17) is 4.74 Å². The zero-order valence-corrected chi connectivity index (χ0v) is 23.1. The van der Waals surface area contributed by atoms with E-state index in [2.05, 4.69) is 4.90 Å². The molecule has 5 nitrogen and oxygen atoms in total. The maximum absolute atomic E-state index is 13.3. The molecular weight excluding hydrogens is 498 g/mol. The molecule has 0 radical (unpaired) electrons. The lowest BCUT2D eigenvalue weighted by Crippen LogP contribution is -2.49. The highest BCUT2D eigenvalue weighted by Gasteiger charge is 2.43. The third-order valence-corrected chi connectivity index (χ3v) is 7.81. The summed E-state index contributed by atoms with van der Waals surface area (Å²) in [7, 11) is 0. The average Bonchev–Trinajstić information content (AvgIpc) is 2.96. The van der Waals surface area contributed by atoms with Gasteiger partial charge in [0.2, 0.25) is 0 Å². The van der Waals surface area contributed by atoms with Crippen molar-refractivity contribution in [1.29, 1.82) is 0 Å². The molecule has 0 spiro atoms. The van der Waals surface area contributed by atoms with Gasteiger partial charge in [-0.1, -0.05) is 91.0 Å². The summed E-state index contributed by atoms with van der Waals surface area (Å²) in [5.41, 5.74) is 0.828. The summed E-state index contributed by atoms with van der Waals surface area (Å²) in [6, 6.07) is 29.5. The van der Waals surface area contributed by atoms with E-state index in [0.717, 1.165) is 29.5 Å². The molecule has 4 rings (SSSR count). The first-order valence-corrected chi connectivity index (χ1v) is 13.3. The Bertz CT molecular complexity index is 1080. The van der Waals surface area contributed by atoms with Crippen molar-refractivity contribution in [3.8, 4) is 0 Å². The van der Waals surface area contributed by atoms with E-state index in [-0.39, 0.29) is 30.9 Å². The van der Waals surface area contributed by atoms with E-state index in [1.807, 2.05) is 105 Å². The fraction of sp³-hybridized carbons (Fsp3) is 0.406. The number of piperidine rings is 1. The van der Waals surface area contributed by atoms with Gasteiger partial charge in [-0.15, -0.1) is 12.4 Å². The number of hydrogen-bond donors (Lipinski definition) is 2. The molecule has 38 heavy (non-hydrogen) atoms. The first-order chi connectivity index (χ1) is 17.9. The van der Waals surface area contributed by atoms with Crippen molar-refractivity contribution in [3.05, 3.63) is 108 Å². The van der Waals surface area contributed by atoms with Crippen LogP contribution in [0.5, 0.6) is 0 Å². The molecule has 1 atom stereocenters. The van der Waals surface area contributed by atoms with Crippen molar-refractivity contribution >= 4 is 18.4 Å². The van der Waals surface area contributed by atoms with Gasteiger partial charge >= 0.3 is 5.97 Å². The molecule has 3 aromatic carbocycles. The molecule has 2 N–H and O–H groups in total. The van der Waals surface area contributed by atoms with Gasteiger partial charge in [-0.05, 0) is 55.7 Å². The highest BCUT2D eigenvalue weighted by atomic mass is 35.5. The van der Waals surface area contributed by atoms with Crippen LogP contribution in [-0.4, -0.2) is 47.0 Å². The Morgan fingerprint density at radius 2 is 1.32 bits per heavy atom. The molecule has 1 heterocycles. The molecule has 0 bridgehead atoms. The highest BCUT2D eigenvalue weighted by molar-refractivity contribution is 5.85. The van der Waals surface area contributed by atoms with E-state index in [9.17, 15) is 15.0 Å². The third kappa shape index (κ3) is 6.47. The first kappa shape index (κ1) is 29.9. The zero-order valence-electron chi connectivity index (χ0n) is 22.3. The summed E-state index contributed by atoms with van der Waals surface area (Å²) >= 11 is 0. The summed E-state index contributed by atoms with van der Waals surface area (Å²) in [6.07, 6.45) is 2.23. The van der Waals surface area contributed by atoms with Gasteiger partial charge in [0, 0.05) is 26.1 Å². The molecule has 1 fully saturated rings. The topological polar surface area (TPSA) is 70.0 Å². The second kappa shape index (κ2) is 13.4. The monoisotopic (exact) mass is 537 g/mol. The number of aliphatic hydroxyl groups is 2. The summed E-state index contributed by atoms with van der Waals surface area (Å²) in [6.45, 7) is 5.22. The van der Waals surface area contributed by atoms with Crippen LogP contribution < -0.4 is 0 Å². The van der Waals surface area contributed by atoms with Gasteiger partial charge in [-0.3, -0.25) is 9.69 Å².